The number of anilines is 2. The quantitative estimate of drug-likeness (QED) is 0.311. The van der Waals surface area contributed by atoms with Crippen LogP contribution in [0.2, 0.25) is 10.0 Å². The van der Waals surface area contributed by atoms with Crippen molar-refractivity contribution >= 4 is 58.4 Å². The van der Waals surface area contributed by atoms with Crippen LogP contribution < -0.4 is 10.9 Å². The number of H-pyrrole nitrogens is 1. The molecule has 2 aromatic heterocycles. The van der Waals surface area contributed by atoms with Gasteiger partial charge in [-0.3, -0.25) is 10.5 Å². The number of nitrogens with one attached hydrogen (secondary N) is 3. The summed E-state index contributed by atoms with van der Waals surface area (Å²) in [6.45, 7) is 0. The molecule has 29 heavy (non-hydrogen) atoms. The van der Waals surface area contributed by atoms with Crippen LogP contribution in [0.4, 0.5) is 11.8 Å². The van der Waals surface area contributed by atoms with Gasteiger partial charge in [0.2, 0.25) is 5.95 Å². The molecule has 8 nitrogen and oxygen atoms in total. The van der Waals surface area contributed by atoms with Gasteiger partial charge in [-0.1, -0.05) is 47.5 Å². The van der Waals surface area contributed by atoms with Gasteiger partial charge in [0.05, 0.1) is 24.0 Å². The average Bonchev–Trinajstić information content (AvgIpc) is 3.20. The van der Waals surface area contributed by atoms with Crippen LogP contribution in [-0.2, 0) is 0 Å². The summed E-state index contributed by atoms with van der Waals surface area (Å²) in [5.41, 5.74) is 8.04. The Balaban J connectivity index is 1.50. The number of hydrogen-bond donors (Lipinski definition) is 3. The van der Waals surface area contributed by atoms with Crippen molar-refractivity contribution in [3.63, 3.8) is 0 Å². The van der Waals surface area contributed by atoms with Crippen molar-refractivity contribution in [1.29, 1.82) is 0 Å². The summed E-state index contributed by atoms with van der Waals surface area (Å²) in [4.78, 5) is 8.74. The Morgan fingerprint density at radius 1 is 0.793 bits per heavy atom. The van der Waals surface area contributed by atoms with Crippen LogP contribution in [0.25, 0.3) is 11.0 Å². The first-order chi connectivity index (χ1) is 14.2. The second-order valence-corrected chi connectivity index (χ2v) is 6.74. The van der Waals surface area contributed by atoms with Crippen LogP contribution in [0.15, 0.2) is 64.9 Å². The first-order valence-electron chi connectivity index (χ1n) is 8.48. The molecule has 0 amide bonds. The van der Waals surface area contributed by atoms with Crippen LogP contribution >= 0.6 is 23.2 Å². The van der Waals surface area contributed by atoms with Gasteiger partial charge >= 0.3 is 0 Å². The van der Waals surface area contributed by atoms with Gasteiger partial charge in [0.1, 0.15) is 0 Å². The lowest BCUT2D eigenvalue weighted by Crippen LogP contribution is -2.01. The van der Waals surface area contributed by atoms with E-state index in [1.54, 1.807) is 42.9 Å². The Hall–Kier alpha value is -3.49. The highest BCUT2D eigenvalue weighted by Gasteiger charge is 2.08. The number of rotatable bonds is 6. The third-order valence-electron chi connectivity index (χ3n) is 3.81. The monoisotopic (exact) mass is 424 g/mol. The largest absolute Gasteiger partial charge is 0.261 e. The molecule has 10 heteroatoms. The van der Waals surface area contributed by atoms with E-state index in [0.29, 0.717) is 26.9 Å². The smallest absolute Gasteiger partial charge is 0.247 e. The van der Waals surface area contributed by atoms with E-state index in [4.69, 9.17) is 23.2 Å². The first-order valence-corrected chi connectivity index (χ1v) is 9.23. The average molecular weight is 425 g/mol. The fraction of sp³-hybridized carbons (Fsp3) is 0. The number of nitrogens with zero attached hydrogens (tertiary/aromatic N) is 5. The second-order valence-electron chi connectivity index (χ2n) is 5.87. The molecule has 0 unspecified atom stereocenters. The van der Waals surface area contributed by atoms with Crippen molar-refractivity contribution in [3.05, 3.63) is 75.9 Å². The molecule has 2 heterocycles. The van der Waals surface area contributed by atoms with E-state index >= 15 is 0 Å². The van der Waals surface area contributed by atoms with Gasteiger partial charge in [0.15, 0.2) is 11.5 Å². The number of fused-ring (bicyclic) bond motifs is 1. The lowest BCUT2D eigenvalue weighted by Gasteiger charge is -2.04. The molecule has 0 spiro atoms. The zero-order valence-electron chi connectivity index (χ0n) is 14.8. The highest BCUT2D eigenvalue weighted by atomic mass is 35.5. The number of hydrazone groups is 2. The summed E-state index contributed by atoms with van der Waals surface area (Å²) in [6, 6.07) is 14.6. The standard InChI is InChI=1S/C19H14Cl2N8/c20-14-5-1-12(2-6-14)9-22-27-17-16-11-24-28-18(16)26-19(25-17)29-23-10-13-3-7-15(21)8-4-13/h1-11H,(H3,24,25,26,27,28,29)/b22-9+,23-10+. The topological polar surface area (TPSA) is 103 Å². The highest BCUT2D eigenvalue weighted by Crippen LogP contribution is 2.20. The lowest BCUT2D eigenvalue weighted by molar-refractivity contribution is 1.08. The minimum atomic E-state index is 0.288. The molecule has 144 valence electrons. The third-order valence-corrected chi connectivity index (χ3v) is 4.32. The highest BCUT2D eigenvalue weighted by molar-refractivity contribution is 6.30. The van der Waals surface area contributed by atoms with E-state index in [2.05, 4.69) is 41.2 Å². The molecular formula is C19H14Cl2N8. The Morgan fingerprint density at radius 3 is 2.00 bits per heavy atom. The van der Waals surface area contributed by atoms with Crippen molar-refractivity contribution in [2.45, 2.75) is 0 Å². The van der Waals surface area contributed by atoms with Gasteiger partial charge in [-0.25, -0.2) is 5.43 Å². The summed E-state index contributed by atoms with van der Waals surface area (Å²) in [5, 5.41) is 17.2. The number of halogens is 2. The van der Waals surface area contributed by atoms with Crippen molar-refractivity contribution in [2.75, 3.05) is 10.9 Å². The summed E-state index contributed by atoms with van der Waals surface area (Å²) in [5.74, 6) is 0.773. The van der Waals surface area contributed by atoms with Gasteiger partial charge in [-0.15, -0.1) is 0 Å². The summed E-state index contributed by atoms with van der Waals surface area (Å²) in [6.07, 6.45) is 4.93. The van der Waals surface area contributed by atoms with Crippen LogP contribution in [0, 0.1) is 0 Å². The first kappa shape index (κ1) is 18.9. The van der Waals surface area contributed by atoms with Crippen LogP contribution in [0.1, 0.15) is 11.1 Å². The van der Waals surface area contributed by atoms with E-state index < -0.39 is 0 Å². The van der Waals surface area contributed by atoms with Gasteiger partial charge in [0.25, 0.3) is 0 Å². The van der Waals surface area contributed by atoms with Crippen molar-refractivity contribution in [1.82, 2.24) is 20.2 Å². The maximum Gasteiger partial charge on any atom is 0.247 e. The van der Waals surface area contributed by atoms with Crippen LogP contribution in [0.5, 0.6) is 0 Å². The van der Waals surface area contributed by atoms with Crippen molar-refractivity contribution in [3.8, 4) is 0 Å². The molecule has 0 aliphatic carbocycles. The Kier molecular flexibility index (Phi) is 5.64. The Morgan fingerprint density at radius 2 is 1.38 bits per heavy atom. The van der Waals surface area contributed by atoms with Gasteiger partial charge in [0, 0.05) is 10.0 Å². The number of aromatic nitrogens is 4. The molecule has 0 bridgehead atoms. The molecule has 0 radical (unpaired) electrons. The van der Waals surface area contributed by atoms with E-state index in [1.165, 1.54) is 0 Å². The molecule has 0 saturated heterocycles. The van der Waals surface area contributed by atoms with Crippen LogP contribution in [0.3, 0.4) is 0 Å². The molecule has 0 atom stereocenters. The fourth-order valence-electron chi connectivity index (χ4n) is 2.40. The minimum absolute atomic E-state index is 0.288. The number of hydrogen-bond acceptors (Lipinski definition) is 7. The zero-order valence-corrected chi connectivity index (χ0v) is 16.4. The second kappa shape index (κ2) is 8.68. The molecule has 4 aromatic rings. The fourth-order valence-corrected chi connectivity index (χ4v) is 2.65. The van der Waals surface area contributed by atoms with Crippen molar-refractivity contribution < 1.29 is 0 Å². The maximum atomic E-state index is 5.89. The number of aromatic amines is 1. The summed E-state index contributed by atoms with van der Waals surface area (Å²) >= 11 is 11.8. The Bertz CT molecular complexity index is 1170. The lowest BCUT2D eigenvalue weighted by atomic mass is 10.2. The van der Waals surface area contributed by atoms with E-state index in [1.807, 2.05) is 24.3 Å². The predicted octanol–water partition coefficient (Wildman–Crippen LogP) is 4.55. The summed E-state index contributed by atoms with van der Waals surface area (Å²) in [7, 11) is 0. The molecule has 2 aromatic carbocycles. The van der Waals surface area contributed by atoms with Gasteiger partial charge in [-0.2, -0.15) is 25.3 Å². The van der Waals surface area contributed by atoms with Gasteiger partial charge in [-0.05, 0) is 35.4 Å². The van der Waals surface area contributed by atoms with Crippen molar-refractivity contribution in [2.24, 2.45) is 10.2 Å². The zero-order chi connectivity index (χ0) is 20.1. The molecule has 3 N–H and O–H groups in total. The third kappa shape index (κ3) is 4.87. The molecular weight excluding hydrogens is 411 g/mol. The molecule has 0 saturated carbocycles. The maximum absolute atomic E-state index is 5.89. The normalized spacial score (nSPS) is 11.5. The summed E-state index contributed by atoms with van der Waals surface area (Å²) < 4.78 is 0. The van der Waals surface area contributed by atoms with E-state index in [0.717, 1.165) is 11.1 Å². The predicted molar refractivity (Wildman–Crippen MR) is 117 cm³/mol. The van der Waals surface area contributed by atoms with Crippen LogP contribution in [-0.4, -0.2) is 32.6 Å². The van der Waals surface area contributed by atoms with E-state index in [9.17, 15) is 0 Å². The Labute approximate surface area is 175 Å². The number of benzene rings is 2. The molecule has 4 rings (SSSR count). The SMILES string of the molecule is Clc1ccc(/C=N/Nc2nc(N/N=C/c3ccc(Cl)cc3)c3cn[nH]c3n2)cc1. The molecule has 0 aliphatic rings. The van der Waals surface area contributed by atoms with E-state index in [-0.39, 0.29) is 5.95 Å². The minimum Gasteiger partial charge on any atom is -0.261 e. The van der Waals surface area contributed by atoms with Gasteiger partial charge < -0.3 is 0 Å². The molecule has 0 fully saturated rings. The molecule has 0 aliphatic heterocycles.